The Morgan fingerprint density at radius 2 is 1.71 bits per heavy atom. The highest BCUT2D eigenvalue weighted by atomic mass is 35.5. The zero-order chi connectivity index (χ0) is 41.4. The lowest BCUT2D eigenvalue weighted by atomic mass is 9.95. The first-order chi connectivity index (χ1) is 28.5. The first-order valence-electron chi connectivity index (χ1n) is 19.8. The van der Waals surface area contributed by atoms with Gasteiger partial charge in [-0.2, -0.15) is 4.98 Å². The van der Waals surface area contributed by atoms with Gasteiger partial charge in [0.05, 0.1) is 22.8 Å². The topological polar surface area (TPSA) is 191 Å². The predicted molar refractivity (Wildman–Crippen MR) is 220 cm³/mol. The number of nitrogens with one attached hydrogen (secondary N) is 3. The van der Waals surface area contributed by atoms with E-state index < -0.39 is 29.7 Å². The van der Waals surface area contributed by atoms with Crippen LogP contribution in [0.5, 0.6) is 5.75 Å². The average Bonchev–Trinajstić information content (AvgIpc) is 3.34. The summed E-state index contributed by atoms with van der Waals surface area (Å²) in [6, 6.07) is 11.5. The van der Waals surface area contributed by atoms with E-state index in [2.05, 4.69) is 35.6 Å². The molecule has 0 bridgehead atoms. The van der Waals surface area contributed by atoms with Crippen LogP contribution in [0.25, 0.3) is 10.9 Å². The lowest BCUT2D eigenvalue weighted by molar-refractivity contribution is -0.136. The molecule has 308 valence electrons. The first-order valence-corrected chi connectivity index (χ1v) is 20.2. The van der Waals surface area contributed by atoms with Crippen molar-refractivity contribution in [1.82, 2.24) is 35.0 Å². The van der Waals surface area contributed by atoms with E-state index >= 15 is 0 Å². The first kappa shape index (κ1) is 39.7. The van der Waals surface area contributed by atoms with Crippen LogP contribution in [0.3, 0.4) is 0 Å². The van der Waals surface area contributed by atoms with E-state index in [4.69, 9.17) is 21.3 Å². The number of imide groups is 2. The van der Waals surface area contributed by atoms with Crippen molar-refractivity contribution in [2.45, 2.75) is 38.1 Å². The van der Waals surface area contributed by atoms with Crippen LogP contribution < -0.4 is 36.0 Å². The van der Waals surface area contributed by atoms with Crippen LogP contribution in [0.15, 0.2) is 53.5 Å². The Morgan fingerprint density at radius 1 is 0.915 bits per heavy atom. The summed E-state index contributed by atoms with van der Waals surface area (Å²) < 4.78 is 6.98. The molecule has 0 radical (unpaired) electrons. The number of benzene rings is 2. The summed E-state index contributed by atoms with van der Waals surface area (Å²) in [4.78, 5) is 92.5. The Morgan fingerprint density at radius 3 is 2.49 bits per heavy atom. The Bertz CT molecular complexity index is 2420. The van der Waals surface area contributed by atoms with Crippen LogP contribution >= 0.6 is 11.6 Å². The molecule has 5 amide bonds. The number of hydrogen-bond acceptors (Lipinski definition) is 13. The summed E-state index contributed by atoms with van der Waals surface area (Å²) in [5.41, 5.74) is 2.50. The van der Waals surface area contributed by atoms with Gasteiger partial charge in [0.1, 0.15) is 11.1 Å². The van der Waals surface area contributed by atoms with Crippen LogP contribution in [-0.4, -0.2) is 119 Å². The minimum atomic E-state index is -0.985. The van der Waals surface area contributed by atoms with Gasteiger partial charge >= 0.3 is 0 Å². The van der Waals surface area contributed by atoms with E-state index in [0.29, 0.717) is 39.5 Å². The minimum Gasteiger partial charge on any atom is -0.478 e. The number of aryl methyl sites for hydroxylation is 1. The molecule has 18 heteroatoms. The average molecular weight is 825 g/mol. The number of ether oxygens (including phenoxy) is 1. The molecule has 0 spiro atoms. The highest BCUT2D eigenvalue weighted by Crippen LogP contribution is 2.33. The SMILES string of the molecule is CNC(=O)COc1cc2cc(Nc3nc(N4CCCN(CC5CCN(c6ccc7c(c6)C(=O)N(C6CCC(=O)NC6=O)C7=O)CC5)CC4)ncc3Cl)ccc2n(C)c1=O. The number of likely N-dealkylation sites (N-methyl/N-ethyl adjacent to an activating group) is 1. The number of amides is 5. The number of carbonyl (C=O) groups is 5. The van der Waals surface area contributed by atoms with Gasteiger partial charge in [-0.25, -0.2) is 4.98 Å². The lowest BCUT2D eigenvalue weighted by Crippen LogP contribution is -2.54. The molecule has 4 aliphatic rings. The van der Waals surface area contributed by atoms with Crippen molar-refractivity contribution in [2.24, 2.45) is 13.0 Å². The van der Waals surface area contributed by atoms with Gasteiger partial charge in [-0.05, 0) is 80.6 Å². The van der Waals surface area contributed by atoms with Gasteiger partial charge in [-0.15, -0.1) is 0 Å². The van der Waals surface area contributed by atoms with E-state index in [9.17, 15) is 28.8 Å². The van der Waals surface area contributed by atoms with E-state index in [1.165, 1.54) is 11.6 Å². The highest BCUT2D eigenvalue weighted by Gasteiger charge is 2.45. The second-order valence-electron chi connectivity index (χ2n) is 15.3. The Balaban J connectivity index is 0.857. The number of nitrogens with zero attached hydrogens (tertiary/aromatic N) is 7. The number of hydrogen-bond donors (Lipinski definition) is 3. The number of carbonyl (C=O) groups excluding carboxylic acids is 5. The van der Waals surface area contributed by atoms with E-state index in [-0.39, 0.29) is 42.2 Å². The molecule has 1 atom stereocenters. The van der Waals surface area contributed by atoms with E-state index in [0.717, 1.165) is 81.0 Å². The van der Waals surface area contributed by atoms with Gasteiger partial charge in [0, 0.05) is 76.5 Å². The maximum atomic E-state index is 13.4. The van der Waals surface area contributed by atoms with Crippen LogP contribution in [0.1, 0.15) is 52.8 Å². The van der Waals surface area contributed by atoms with Crippen molar-refractivity contribution in [3.63, 3.8) is 0 Å². The molecule has 6 heterocycles. The fourth-order valence-electron chi connectivity index (χ4n) is 8.33. The predicted octanol–water partition coefficient (Wildman–Crippen LogP) is 2.68. The smallest absolute Gasteiger partial charge is 0.293 e. The number of piperidine rings is 2. The molecule has 3 fully saturated rings. The molecule has 3 N–H and O–H groups in total. The minimum absolute atomic E-state index is 0.0694. The molecular formula is C41H45ClN10O7. The number of aromatic nitrogens is 3. The Hall–Kier alpha value is -6.07. The van der Waals surface area contributed by atoms with Gasteiger partial charge in [0.15, 0.2) is 18.2 Å². The third-order valence-electron chi connectivity index (χ3n) is 11.6. The third-order valence-corrected chi connectivity index (χ3v) is 11.9. The summed E-state index contributed by atoms with van der Waals surface area (Å²) in [6.07, 6.45) is 4.72. The summed E-state index contributed by atoms with van der Waals surface area (Å²) in [5.74, 6) is -0.748. The fourth-order valence-corrected chi connectivity index (χ4v) is 8.47. The molecule has 2 aromatic carbocycles. The zero-order valence-corrected chi connectivity index (χ0v) is 33.6. The molecule has 4 aliphatic heterocycles. The number of halogens is 1. The molecular weight excluding hydrogens is 780 g/mol. The highest BCUT2D eigenvalue weighted by molar-refractivity contribution is 6.33. The van der Waals surface area contributed by atoms with E-state index in [1.54, 1.807) is 31.4 Å². The maximum absolute atomic E-state index is 13.4. The van der Waals surface area contributed by atoms with Crippen LogP contribution in [0.2, 0.25) is 5.02 Å². The molecule has 1 unspecified atom stereocenters. The monoisotopic (exact) mass is 824 g/mol. The van der Waals surface area contributed by atoms with Gasteiger partial charge in [0.2, 0.25) is 17.8 Å². The van der Waals surface area contributed by atoms with Crippen LogP contribution in [0.4, 0.5) is 23.1 Å². The second-order valence-corrected chi connectivity index (χ2v) is 15.8. The summed E-state index contributed by atoms with van der Waals surface area (Å²) in [5, 5.41) is 9.12. The normalized spacial score (nSPS) is 19.2. The molecule has 59 heavy (non-hydrogen) atoms. The molecule has 0 aliphatic carbocycles. The molecule has 3 saturated heterocycles. The quantitative estimate of drug-likeness (QED) is 0.198. The van der Waals surface area contributed by atoms with Crippen molar-refractivity contribution in [1.29, 1.82) is 0 Å². The number of anilines is 4. The van der Waals surface area contributed by atoms with Gasteiger partial charge in [-0.3, -0.25) is 39.0 Å². The maximum Gasteiger partial charge on any atom is 0.293 e. The van der Waals surface area contributed by atoms with Gasteiger partial charge in [0.25, 0.3) is 23.3 Å². The standard InChI is InChI=1S/C41H45ClN10O7/c1-43-35(54)23-59-33-19-25-18-26(4-7-31(25)48(2)40(33)58)45-36-30(42)21-44-41(47-36)51-13-3-12-49(16-17-51)22-24-10-14-50(15-11-24)27-5-6-28-29(20-27)39(57)52(38(28)56)32-8-9-34(53)46-37(32)55/h4-7,18-21,24,32H,3,8-17,22-23H2,1-2H3,(H,43,54)(H,44,45,47)(H,46,53,55). The van der Waals surface area contributed by atoms with Crippen molar-refractivity contribution < 1.29 is 28.7 Å². The second kappa shape index (κ2) is 16.7. The largest absolute Gasteiger partial charge is 0.478 e. The van der Waals surface area contributed by atoms with Gasteiger partial charge < -0.3 is 34.6 Å². The number of pyridine rings is 1. The molecule has 4 aromatic rings. The third kappa shape index (κ3) is 8.16. The van der Waals surface area contributed by atoms with Gasteiger partial charge in [-0.1, -0.05) is 11.6 Å². The molecule has 17 nitrogen and oxygen atoms in total. The van der Waals surface area contributed by atoms with Crippen molar-refractivity contribution in [3.8, 4) is 5.75 Å². The fraction of sp³-hybridized carbons (Fsp3) is 0.415. The van der Waals surface area contributed by atoms with Crippen LogP contribution in [0, 0.1) is 5.92 Å². The van der Waals surface area contributed by atoms with Crippen LogP contribution in [-0.2, 0) is 21.4 Å². The Kier molecular flexibility index (Phi) is 11.2. The Labute approximate surface area is 344 Å². The van der Waals surface area contributed by atoms with Crippen molar-refractivity contribution >= 4 is 75.2 Å². The number of fused-ring (bicyclic) bond motifs is 2. The van der Waals surface area contributed by atoms with Crippen molar-refractivity contribution in [3.05, 3.63) is 75.2 Å². The summed E-state index contributed by atoms with van der Waals surface area (Å²) in [7, 11) is 3.15. The summed E-state index contributed by atoms with van der Waals surface area (Å²) >= 11 is 6.58. The molecule has 8 rings (SSSR count). The molecule has 2 aromatic heterocycles. The van der Waals surface area contributed by atoms with E-state index in [1.807, 2.05) is 24.3 Å². The zero-order valence-electron chi connectivity index (χ0n) is 32.8. The lowest BCUT2D eigenvalue weighted by Gasteiger charge is -2.36. The van der Waals surface area contributed by atoms with Crippen molar-refractivity contribution in [2.75, 3.05) is 74.6 Å². The summed E-state index contributed by atoms with van der Waals surface area (Å²) in [6.45, 7) is 5.69. The molecule has 0 saturated carbocycles. The number of rotatable bonds is 10.